The van der Waals surface area contributed by atoms with Crippen LogP contribution in [0.25, 0.3) is 76.5 Å². The molecule has 0 N–H and O–H groups in total. The fourth-order valence-electron chi connectivity index (χ4n) is 6.23. The van der Waals surface area contributed by atoms with Crippen LogP contribution < -0.4 is 0 Å². The fourth-order valence-corrected chi connectivity index (χ4v) is 6.23. The molecule has 0 saturated heterocycles. The molecule has 0 heterocycles. The lowest BCUT2D eigenvalue weighted by molar-refractivity contribution is 1.62. The predicted molar refractivity (Wildman–Crippen MR) is 173 cm³/mol. The van der Waals surface area contributed by atoms with Gasteiger partial charge in [-0.2, -0.15) is 0 Å². The van der Waals surface area contributed by atoms with Gasteiger partial charge < -0.3 is 0 Å². The van der Waals surface area contributed by atoms with Crippen molar-refractivity contribution >= 4 is 43.1 Å². The second kappa shape index (κ2) is 9.22. The van der Waals surface area contributed by atoms with Crippen molar-refractivity contribution in [3.8, 4) is 33.4 Å². The van der Waals surface area contributed by atoms with Crippen LogP contribution in [0.3, 0.4) is 0 Å². The molecule has 0 heteroatoms. The van der Waals surface area contributed by atoms with Crippen LogP contribution in [0.15, 0.2) is 158 Å². The Hall–Kier alpha value is -5.20. The van der Waals surface area contributed by atoms with Crippen LogP contribution in [0, 0.1) is 0 Å². The fraction of sp³-hybridized carbons (Fsp3) is 0. The number of rotatable bonds is 3. The highest BCUT2D eigenvalue weighted by Crippen LogP contribution is 2.38. The molecule has 0 amide bonds. The Morgan fingerprint density at radius 1 is 0.225 bits per heavy atom. The van der Waals surface area contributed by atoms with Crippen LogP contribution in [0.4, 0.5) is 0 Å². The van der Waals surface area contributed by atoms with Gasteiger partial charge in [0.2, 0.25) is 0 Å². The molecular weight excluding hydrogens is 480 g/mol. The zero-order valence-electron chi connectivity index (χ0n) is 22.0. The van der Waals surface area contributed by atoms with E-state index in [-0.39, 0.29) is 0 Å². The van der Waals surface area contributed by atoms with E-state index in [2.05, 4.69) is 158 Å². The smallest absolute Gasteiger partial charge is 0.00988 e. The van der Waals surface area contributed by atoms with Crippen LogP contribution in [0.5, 0.6) is 0 Å². The maximum atomic E-state index is 2.37. The molecule has 8 rings (SSSR count). The Balaban J connectivity index is 1.29. The standard InChI is InChI=1S/C40H26/c1-2-11-29-23-31(22-21-27(29)9-1)30-13-5-14-32(24-30)36-18-7-15-33-26-40-34(25-39(33)36)16-8-20-38(40)37-19-6-12-28-10-3-4-17-35(28)37/h1-26H. The lowest BCUT2D eigenvalue weighted by Crippen LogP contribution is -1.87. The van der Waals surface area contributed by atoms with E-state index in [0.29, 0.717) is 0 Å². The van der Waals surface area contributed by atoms with Crippen LogP contribution >= 0.6 is 0 Å². The van der Waals surface area contributed by atoms with E-state index in [1.807, 2.05) is 0 Å². The van der Waals surface area contributed by atoms with E-state index < -0.39 is 0 Å². The first-order valence-corrected chi connectivity index (χ1v) is 13.9. The normalized spacial score (nSPS) is 11.5. The van der Waals surface area contributed by atoms with E-state index in [4.69, 9.17) is 0 Å². The second-order valence-corrected chi connectivity index (χ2v) is 10.6. The van der Waals surface area contributed by atoms with Gasteiger partial charge in [0.1, 0.15) is 0 Å². The molecule has 0 bridgehead atoms. The zero-order chi connectivity index (χ0) is 26.5. The average molecular weight is 507 g/mol. The minimum atomic E-state index is 1.24. The third-order valence-electron chi connectivity index (χ3n) is 8.22. The molecular formula is C40H26. The van der Waals surface area contributed by atoms with Crippen molar-refractivity contribution in [3.05, 3.63) is 158 Å². The molecule has 0 saturated carbocycles. The lowest BCUT2D eigenvalue weighted by Gasteiger charge is -2.14. The summed E-state index contributed by atoms with van der Waals surface area (Å²) >= 11 is 0. The maximum absolute atomic E-state index is 2.37. The van der Waals surface area contributed by atoms with E-state index in [1.165, 1.54) is 76.5 Å². The van der Waals surface area contributed by atoms with Crippen LogP contribution in [-0.4, -0.2) is 0 Å². The van der Waals surface area contributed by atoms with Gasteiger partial charge >= 0.3 is 0 Å². The molecule has 0 aliphatic rings. The minimum Gasteiger partial charge on any atom is -0.0616 e. The van der Waals surface area contributed by atoms with E-state index in [1.54, 1.807) is 0 Å². The number of hydrogen-bond acceptors (Lipinski definition) is 0. The topological polar surface area (TPSA) is 0 Å². The Morgan fingerprint density at radius 2 is 0.750 bits per heavy atom. The molecule has 0 aromatic heterocycles. The molecule has 0 aliphatic carbocycles. The predicted octanol–water partition coefficient (Wildman–Crippen LogP) is 11.3. The quantitative estimate of drug-likeness (QED) is 0.209. The SMILES string of the molecule is c1cc(-c2ccc3ccccc3c2)cc(-c2cccc3cc4c(-c5cccc6ccccc56)cccc4cc23)c1. The Kier molecular flexibility index (Phi) is 5.24. The highest BCUT2D eigenvalue weighted by Gasteiger charge is 2.11. The molecule has 186 valence electrons. The van der Waals surface area contributed by atoms with Crippen molar-refractivity contribution in [1.29, 1.82) is 0 Å². The molecule has 0 unspecified atom stereocenters. The largest absolute Gasteiger partial charge is 0.0616 e. The van der Waals surface area contributed by atoms with Gasteiger partial charge in [-0.15, -0.1) is 0 Å². The molecule has 0 atom stereocenters. The van der Waals surface area contributed by atoms with Gasteiger partial charge in [-0.3, -0.25) is 0 Å². The zero-order valence-corrected chi connectivity index (χ0v) is 22.0. The van der Waals surface area contributed by atoms with Crippen molar-refractivity contribution in [2.24, 2.45) is 0 Å². The van der Waals surface area contributed by atoms with Gasteiger partial charge in [-0.05, 0) is 101 Å². The summed E-state index contributed by atoms with van der Waals surface area (Å²) in [6.45, 7) is 0. The van der Waals surface area contributed by atoms with Crippen LogP contribution in [-0.2, 0) is 0 Å². The summed E-state index contributed by atoms with van der Waals surface area (Å²) < 4.78 is 0. The van der Waals surface area contributed by atoms with Gasteiger partial charge in [-0.25, -0.2) is 0 Å². The first-order valence-electron chi connectivity index (χ1n) is 13.9. The Labute approximate surface area is 233 Å². The van der Waals surface area contributed by atoms with Crippen molar-refractivity contribution in [3.63, 3.8) is 0 Å². The minimum absolute atomic E-state index is 1.24. The third kappa shape index (κ3) is 3.77. The van der Waals surface area contributed by atoms with Gasteiger partial charge in [0, 0.05) is 0 Å². The van der Waals surface area contributed by atoms with E-state index in [0.717, 1.165) is 0 Å². The molecule has 0 spiro atoms. The second-order valence-electron chi connectivity index (χ2n) is 10.6. The van der Waals surface area contributed by atoms with Gasteiger partial charge in [0.25, 0.3) is 0 Å². The van der Waals surface area contributed by atoms with E-state index in [9.17, 15) is 0 Å². The molecule has 8 aromatic carbocycles. The summed E-state index contributed by atoms with van der Waals surface area (Å²) in [5.41, 5.74) is 7.53. The number of fused-ring (bicyclic) bond motifs is 4. The van der Waals surface area contributed by atoms with Gasteiger partial charge in [-0.1, -0.05) is 133 Å². The van der Waals surface area contributed by atoms with Crippen molar-refractivity contribution in [2.75, 3.05) is 0 Å². The average Bonchev–Trinajstić information content (AvgIpc) is 3.03. The first kappa shape index (κ1) is 22.8. The number of hydrogen-bond donors (Lipinski definition) is 0. The molecule has 40 heavy (non-hydrogen) atoms. The summed E-state index contributed by atoms with van der Waals surface area (Å²) in [5, 5.41) is 10.2. The van der Waals surface area contributed by atoms with E-state index >= 15 is 0 Å². The first-order chi connectivity index (χ1) is 19.8. The van der Waals surface area contributed by atoms with Crippen LogP contribution in [0.1, 0.15) is 0 Å². The molecule has 0 nitrogen and oxygen atoms in total. The summed E-state index contributed by atoms with van der Waals surface area (Å²) in [6, 6.07) is 57.6. The number of benzene rings is 8. The lowest BCUT2D eigenvalue weighted by atomic mass is 9.90. The Morgan fingerprint density at radius 3 is 1.55 bits per heavy atom. The summed E-state index contributed by atoms with van der Waals surface area (Å²) in [7, 11) is 0. The monoisotopic (exact) mass is 506 g/mol. The van der Waals surface area contributed by atoms with Crippen LogP contribution in [0.2, 0.25) is 0 Å². The molecule has 0 fully saturated rings. The maximum Gasteiger partial charge on any atom is -0.00988 e. The Bertz CT molecular complexity index is 2210. The van der Waals surface area contributed by atoms with Crippen molar-refractivity contribution in [1.82, 2.24) is 0 Å². The summed E-state index contributed by atoms with van der Waals surface area (Å²) in [4.78, 5) is 0. The highest BCUT2D eigenvalue weighted by molar-refractivity contribution is 6.11. The van der Waals surface area contributed by atoms with Gasteiger partial charge in [0.05, 0.1) is 0 Å². The third-order valence-corrected chi connectivity index (χ3v) is 8.22. The highest BCUT2D eigenvalue weighted by atomic mass is 14.2. The van der Waals surface area contributed by atoms with Gasteiger partial charge in [0.15, 0.2) is 0 Å². The molecule has 8 aromatic rings. The van der Waals surface area contributed by atoms with Crippen molar-refractivity contribution in [2.45, 2.75) is 0 Å². The molecule has 0 aliphatic heterocycles. The summed E-state index contributed by atoms with van der Waals surface area (Å²) in [6.07, 6.45) is 0. The summed E-state index contributed by atoms with van der Waals surface area (Å²) in [5.74, 6) is 0. The van der Waals surface area contributed by atoms with Crippen molar-refractivity contribution < 1.29 is 0 Å². The molecule has 0 radical (unpaired) electrons.